The van der Waals surface area contributed by atoms with Crippen molar-refractivity contribution in [1.82, 2.24) is 0 Å². The molecule has 0 aromatic heterocycles. The van der Waals surface area contributed by atoms with Crippen LogP contribution in [0.2, 0.25) is 0 Å². The van der Waals surface area contributed by atoms with Gasteiger partial charge in [-0.2, -0.15) is 44.8 Å². The molecular weight excluding hydrogens is 747 g/mol. The standard InChI is InChI=1S/C32H21BrF11N3O2/c33-22-13-19(29(35,31(39,40)41)32(42,43)44)12-21(30(36,37)38)25(22)46-27(48)20-2-1-3-23(24(20)34)47(26(16-8-9-16)17-10-11-17)28(49)18-6-4-15(14-45)5-7-18/h1-7,12-13,16-17,26H,8-11H2,(H,46,48). The zero-order valence-corrected chi connectivity index (χ0v) is 26.1. The lowest BCUT2D eigenvalue weighted by atomic mass is 9.92. The quantitative estimate of drug-likeness (QED) is 0.232. The number of nitrogens with zero attached hydrogens (tertiary/aromatic N) is 2. The van der Waals surface area contributed by atoms with Crippen LogP contribution in [0, 0.1) is 29.0 Å². The molecule has 0 aliphatic heterocycles. The van der Waals surface area contributed by atoms with Crippen LogP contribution in [0.15, 0.2) is 59.1 Å². The average Bonchev–Trinajstić information content (AvgIpc) is 3.94. The van der Waals surface area contributed by atoms with E-state index in [0.717, 1.165) is 12.1 Å². The molecule has 5 nitrogen and oxygen atoms in total. The summed E-state index contributed by atoms with van der Waals surface area (Å²) >= 11 is 2.41. The van der Waals surface area contributed by atoms with Gasteiger partial charge in [-0.3, -0.25) is 9.59 Å². The number of carbonyl (C=O) groups is 2. The van der Waals surface area contributed by atoms with Crippen molar-refractivity contribution in [3.8, 4) is 6.07 Å². The summed E-state index contributed by atoms with van der Waals surface area (Å²) in [5.41, 5.74) is -13.4. The van der Waals surface area contributed by atoms with Crippen molar-refractivity contribution in [1.29, 1.82) is 5.26 Å². The first-order chi connectivity index (χ1) is 22.7. The number of carbonyl (C=O) groups excluding carboxylic acids is 2. The molecule has 49 heavy (non-hydrogen) atoms. The maximum atomic E-state index is 16.3. The Kier molecular flexibility index (Phi) is 9.28. The largest absolute Gasteiger partial charge is 0.435 e. The first-order valence-corrected chi connectivity index (χ1v) is 15.2. The molecule has 2 aliphatic rings. The molecule has 0 heterocycles. The number of benzene rings is 3. The van der Waals surface area contributed by atoms with E-state index in [1.54, 1.807) is 5.32 Å². The van der Waals surface area contributed by atoms with E-state index in [1.807, 2.05) is 6.07 Å². The first kappa shape index (κ1) is 36.1. The predicted octanol–water partition coefficient (Wildman–Crippen LogP) is 9.86. The normalized spacial score (nSPS) is 15.6. The zero-order chi connectivity index (χ0) is 36.3. The van der Waals surface area contributed by atoms with Gasteiger partial charge in [-0.1, -0.05) is 6.07 Å². The van der Waals surface area contributed by atoms with E-state index in [-0.39, 0.29) is 29.0 Å². The molecule has 0 atom stereocenters. The monoisotopic (exact) mass is 767 g/mol. The lowest BCUT2D eigenvalue weighted by Crippen LogP contribution is -2.50. The Balaban J connectivity index is 1.57. The lowest BCUT2D eigenvalue weighted by Gasteiger charge is -2.33. The number of anilines is 2. The van der Waals surface area contributed by atoms with E-state index >= 15 is 4.39 Å². The summed E-state index contributed by atoms with van der Waals surface area (Å²) in [7, 11) is 0. The fourth-order valence-corrected chi connectivity index (χ4v) is 6.18. The Bertz CT molecular complexity index is 1800. The van der Waals surface area contributed by atoms with Crippen LogP contribution < -0.4 is 10.2 Å². The van der Waals surface area contributed by atoms with Crippen LogP contribution in [0.3, 0.4) is 0 Å². The van der Waals surface area contributed by atoms with Gasteiger partial charge in [-0.15, -0.1) is 0 Å². The summed E-state index contributed by atoms with van der Waals surface area (Å²) in [6, 6.07) is 9.02. The van der Waals surface area contributed by atoms with Crippen LogP contribution in [-0.2, 0) is 11.8 Å². The van der Waals surface area contributed by atoms with Gasteiger partial charge in [0, 0.05) is 21.6 Å². The van der Waals surface area contributed by atoms with E-state index in [2.05, 4.69) is 15.9 Å². The maximum absolute atomic E-state index is 16.3. The number of amides is 2. The minimum atomic E-state index is -6.73. The van der Waals surface area contributed by atoms with E-state index in [9.17, 15) is 53.5 Å². The summed E-state index contributed by atoms with van der Waals surface area (Å²) < 4.78 is 152. The van der Waals surface area contributed by atoms with Crippen LogP contribution in [0.4, 0.5) is 59.7 Å². The first-order valence-electron chi connectivity index (χ1n) is 14.4. The van der Waals surface area contributed by atoms with Crippen LogP contribution in [0.5, 0.6) is 0 Å². The van der Waals surface area contributed by atoms with Gasteiger partial charge in [0.2, 0.25) is 0 Å². The molecule has 0 unspecified atom stereocenters. The van der Waals surface area contributed by atoms with E-state index in [1.165, 1.54) is 35.2 Å². The Morgan fingerprint density at radius 1 is 0.857 bits per heavy atom. The molecule has 1 N–H and O–H groups in total. The molecule has 3 aromatic rings. The van der Waals surface area contributed by atoms with Crippen molar-refractivity contribution >= 4 is 39.1 Å². The summed E-state index contributed by atoms with van der Waals surface area (Å²) in [5.74, 6) is -3.70. The van der Waals surface area contributed by atoms with Crippen LogP contribution >= 0.6 is 15.9 Å². The van der Waals surface area contributed by atoms with Gasteiger partial charge in [0.15, 0.2) is 5.82 Å². The molecule has 2 fully saturated rings. The number of alkyl halides is 10. The highest BCUT2D eigenvalue weighted by Gasteiger charge is 2.73. The van der Waals surface area contributed by atoms with E-state index in [4.69, 9.17) is 5.26 Å². The highest BCUT2D eigenvalue weighted by Crippen LogP contribution is 2.55. The fourth-order valence-electron chi connectivity index (χ4n) is 5.62. The number of nitrogens with one attached hydrogen (secondary N) is 1. The molecule has 0 bridgehead atoms. The highest BCUT2D eigenvalue weighted by molar-refractivity contribution is 9.10. The van der Waals surface area contributed by atoms with Gasteiger partial charge in [-0.25, -0.2) is 8.78 Å². The molecule has 2 aliphatic carbocycles. The fraction of sp³-hybridized carbons (Fsp3) is 0.344. The maximum Gasteiger partial charge on any atom is 0.435 e. The second-order valence-corrected chi connectivity index (χ2v) is 12.5. The van der Waals surface area contributed by atoms with Crippen molar-refractivity contribution in [3.05, 3.63) is 92.7 Å². The van der Waals surface area contributed by atoms with E-state index in [0.29, 0.717) is 25.7 Å². The molecule has 0 saturated heterocycles. The number of rotatable bonds is 8. The Labute approximate surface area is 278 Å². The molecule has 2 saturated carbocycles. The smallest absolute Gasteiger partial charge is 0.320 e. The number of hydrogen-bond acceptors (Lipinski definition) is 3. The summed E-state index contributed by atoms with van der Waals surface area (Å²) in [6.45, 7) is 0. The molecule has 3 aromatic carbocycles. The van der Waals surface area contributed by atoms with Gasteiger partial charge in [0.05, 0.1) is 34.1 Å². The molecule has 260 valence electrons. The number of nitriles is 1. The Morgan fingerprint density at radius 3 is 1.88 bits per heavy atom. The van der Waals surface area contributed by atoms with Crippen LogP contribution in [-0.4, -0.2) is 30.2 Å². The summed E-state index contributed by atoms with van der Waals surface area (Å²) in [6.07, 6.45) is -16.4. The number of halogens is 12. The third-order valence-corrected chi connectivity index (χ3v) is 8.91. The molecule has 0 radical (unpaired) electrons. The minimum Gasteiger partial charge on any atom is -0.320 e. The molecule has 2 amide bonds. The van der Waals surface area contributed by atoms with Gasteiger partial charge >= 0.3 is 24.2 Å². The van der Waals surface area contributed by atoms with Crippen molar-refractivity contribution in [2.75, 3.05) is 10.2 Å². The van der Waals surface area contributed by atoms with Gasteiger partial charge < -0.3 is 10.2 Å². The van der Waals surface area contributed by atoms with Crippen molar-refractivity contribution in [2.45, 2.75) is 55.9 Å². The highest BCUT2D eigenvalue weighted by atomic mass is 79.9. The van der Waals surface area contributed by atoms with Crippen molar-refractivity contribution in [3.63, 3.8) is 0 Å². The lowest BCUT2D eigenvalue weighted by molar-refractivity contribution is -0.348. The molecule has 17 heteroatoms. The van der Waals surface area contributed by atoms with Crippen LogP contribution in [0.1, 0.15) is 63.1 Å². The molecule has 0 spiro atoms. The minimum absolute atomic E-state index is 0.0217. The summed E-state index contributed by atoms with van der Waals surface area (Å²) in [5, 5.41) is 10.8. The number of hydrogen-bond donors (Lipinski definition) is 1. The van der Waals surface area contributed by atoms with Crippen molar-refractivity contribution < 1.29 is 57.9 Å². The van der Waals surface area contributed by atoms with Crippen molar-refractivity contribution in [2.24, 2.45) is 11.8 Å². The third kappa shape index (κ3) is 6.84. The Morgan fingerprint density at radius 2 is 1.41 bits per heavy atom. The van der Waals surface area contributed by atoms with Gasteiger partial charge in [0.1, 0.15) is 0 Å². The SMILES string of the molecule is N#Cc1ccc(C(=O)N(c2cccc(C(=O)Nc3c(Br)cc(C(F)(C(F)(F)F)C(F)(F)F)cc3C(F)(F)F)c2F)C(C2CC2)C2CC2)cc1. The van der Waals surface area contributed by atoms with Gasteiger partial charge in [-0.05, 0) is 102 Å². The average molecular weight is 768 g/mol. The molecule has 5 rings (SSSR count). The molecular formula is C32H21BrF11N3O2. The second kappa shape index (κ2) is 12.6. The predicted molar refractivity (Wildman–Crippen MR) is 156 cm³/mol. The Hall–Kier alpha value is -4.20. The summed E-state index contributed by atoms with van der Waals surface area (Å²) in [4.78, 5) is 28.4. The third-order valence-electron chi connectivity index (χ3n) is 8.28. The van der Waals surface area contributed by atoms with Gasteiger partial charge in [0.25, 0.3) is 11.8 Å². The van der Waals surface area contributed by atoms with Crippen LogP contribution in [0.25, 0.3) is 0 Å². The topological polar surface area (TPSA) is 73.2 Å². The zero-order valence-electron chi connectivity index (χ0n) is 24.5. The van der Waals surface area contributed by atoms with E-state index < -0.39 is 86.5 Å². The second-order valence-electron chi connectivity index (χ2n) is 11.7.